The summed E-state index contributed by atoms with van der Waals surface area (Å²) in [7, 11) is 2.16. The molecule has 0 aliphatic carbocycles. The molecule has 0 unspecified atom stereocenters. The minimum absolute atomic E-state index is 0.180. The number of aromatic amines is 1. The summed E-state index contributed by atoms with van der Waals surface area (Å²) in [6.45, 7) is 5.81. The summed E-state index contributed by atoms with van der Waals surface area (Å²) in [6.07, 6.45) is 0. The van der Waals surface area contributed by atoms with E-state index in [1.54, 1.807) is 6.07 Å². The first-order chi connectivity index (χ1) is 14.6. The van der Waals surface area contributed by atoms with Gasteiger partial charge in [0.15, 0.2) is 0 Å². The van der Waals surface area contributed by atoms with E-state index in [0.29, 0.717) is 23.0 Å². The van der Waals surface area contributed by atoms with Crippen molar-refractivity contribution in [2.75, 3.05) is 33.2 Å². The zero-order valence-electron chi connectivity index (χ0n) is 17.1. The second-order valence-corrected chi connectivity index (χ2v) is 8.20. The van der Waals surface area contributed by atoms with Gasteiger partial charge in [0.2, 0.25) is 0 Å². The van der Waals surface area contributed by atoms with Gasteiger partial charge in [-0.2, -0.15) is 5.10 Å². The van der Waals surface area contributed by atoms with Crippen LogP contribution in [0.4, 0.5) is 0 Å². The summed E-state index contributed by atoms with van der Waals surface area (Å²) in [6, 6.07) is 17.6. The van der Waals surface area contributed by atoms with E-state index in [1.165, 1.54) is 5.56 Å². The van der Waals surface area contributed by atoms with E-state index in [9.17, 15) is 4.79 Å². The van der Waals surface area contributed by atoms with Crippen molar-refractivity contribution in [3.8, 4) is 11.3 Å². The zero-order chi connectivity index (χ0) is 20.9. The van der Waals surface area contributed by atoms with Gasteiger partial charge in [-0.25, -0.2) is 0 Å². The van der Waals surface area contributed by atoms with Crippen molar-refractivity contribution < 1.29 is 4.79 Å². The lowest BCUT2D eigenvalue weighted by atomic mass is 10.1. The smallest absolute Gasteiger partial charge is 0.269 e. The van der Waals surface area contributed by atoms with Gasteiger partial charge in [0.25, 0.3) is 5.91 Å². The number of halogens is 1. The normalized spacial score (nSPS) is 15.3. The Morgan fingerprint density at radius 1 is 1.07 bits per heavy atom. The van der Waals surface area contributed by atoms with Crippen molar-refractivity contribution in [1.82, 2.24) is 25.3 Å². The lowest BCUT2D eigenvalue weighted by Crippen LogP contribution is -2.43. The van der Waals surface area contributed by atoms with Crippen LogP contribution >= 0.6 is 11.6 Å². The molecule has 1 aromatic heterocycles. The van der Waals surface area contributed by atoms with Crippen LogP contribution in [0.3, 0.4) is 0 Å². The van der Waals surface area contributed by atoms with Crippen LogP contribution in [-0.4, -0.2) is 59.1 Å². The number of carbonyl (C=O) groups excluding carboxylic acids is 1. The zero-order valence-corrected chi connectivity index (χ0v) is 17.8. The average Bonchev–Trinajstić information content (AvgIpc) is 3.25. The molecule has 1 saturated heterocycles. The highest BCUT2D eigenvalue weighted by Gasteiger charge is 2.14. The third-order valence-corrected chi connectivity index (χ3v) is 5.62. The number of H-pyrrole nitrogens is 1. The van der Waals surface area contributed by atoms with Crippen LogP contribution in [0.1, 0.15) is 21.6 Å². The maximum atomic E-state index is 12.5. The van der Waals surface area contributed by atoms with Gasteiger partial charge in [-0.3, -0.25) is 14.8 Å². The Kier molecular flexibility index (Phi) is 6.47. The quantitative estimate of drug-likeness (QED) is 0.637. The number of nitrogens with zero attached hydrogens (tertiary/aromatic N) is 3. The third kappa shape index (κ3) is 5.27. The van der Waals surface area contributed by atoms with Crippen LogP contribution in [0.5, 0.6) is 0 Å². The fraction of sp³-hybridized carbons (Fsp3) is 0.304. The summed E-state index contributed by atoms with van der Waals surface area (Å²) in [5, 5.41) is 10.7. The number of hydrogen-bond donors (Lipinski definition) is 2. The Morgan fingerprint density at radius 2 is 1.83 bits per heavy atom. The molecule has 0 saturated carbocycles. The van der Waals surface area contributed by atoms with Crippen molar-refractivity contribution in [2.24, 2.45) is 0 Å². The van der Waals surface area contributed by atoms with Crippen LogP contribution in [0.25, 0.3) is 11.3 Å². The molecule has 2 heterocycles. The number of hydrogen-bond acceptors (Lipinski definition) is 4. The first-order valence-electron chi connectivity index (χ1n) is 10.1. The van der Waals surface area contributed by atoms with Crippen molar-refractivity contribution in [2.45, 2.75) is 13.1 Å². The molecule has 6 nitrogen and oxygen atoms in total. The number of rotatable bonds is 6. The Labute approximate surface area is 181 Å². The van der Waals surface area contributed by atoms with Crippen molar-refractivity contribution in [3.05, 3.63) is 76.4 Å². The molecule has 1 aliphatic heterocycles. The Hall–Kier alpha value is -2.67. The van der Waals surface area contributed by atoms with E-state index in [4.69, 9.17) is 11.6 Å². The number of piperazine rings is 1. The average molecular weight is 424 g/mol. The van der Waals surface area contributed by atoms with Gasteiger partial charge in [-0.15, -0.1) is 0 Å². The van der Waals surface area contributed by atoms with Gasteiger partial charge in [0.1, 0.15) is 5.69 Å². The van der Waals surface area contributed by atoms with E-state index in [-0.39, 0.29) is 5.91 Å². The molecule has 0 atom stereocenters. The van der Waals surface area contributed by atoms with E-state index >= 15 is 0 Å². The van der Waals surface area contributed by atoms with Crippen LogP contribution in [0.2, 0.25) is 5.02 Å². The molecule has 1 amide bonds. The maximum Gasteiger partial charge on any atom is 0.269 e. The number of likely N-dealkylation sites (N-methyl/N-ethyl adjacent to an activating group) is 1. The fourth-order valence-electron chi connectivity index (χ4n) is 3.61. The summed E-state index contributed by atoms with van der Waals surface area (Å²) < 4.78 is 0. The molecule has 0 bridgehead atoms. The van der Waals surface area contributed by atoms with Gasteiger partial charge >= 0.3 is 0 Å². The molecule has 156 valence electrons. The molecule has 7 heteroatoms. The molecule has 2 aromatic carbocycles. The number of aromatic nitrogens is 2. The van der Waals surface area contributed by atoms with Crippen LogP contribution in [-0.2, 0) is 13.1 Å². The minimum Gasteiger partial charge on any atom is -0.347 e. The van der Waals surface area contributed by atoms with Crippen molar-refractivity contribution in [3.63, 3.8) is 0 Å². The van der Waals surface area contributed by atoms with Crippen molar-refractivity contribution in [1.29, 1.82) is 0 Å². The van der Waals surface area contributed by atoms with Crippen LogP contribution in [0, 0.1) is 0 Å². The number of amides is 1. The summed E-state index contributed by atoms with van der Waals surface area (Å²) in [4.78, 5) is 17.4. The molecule has 0 radical (unpaired) electrons. The van der Waals surface area contributed by atoms with E-state index in [0.717, 1.165) is 43.9 Å². The molecular weight excluding hydrogens is 398 g/mol. The highest BCUT2D eigenvalue weighted by atomic mass is 35.5. The lowest BCUT2D eigenvalue weighted by Gasteiger charge is -2.32. The Balaban J connectivity index is 1.34. The first kappa shape index (κ1) is 20.6. The van der Waals surface area contributed by atoms with E-state index < -0.39 is 0 Å². The van der Waals surface area contributed by atoms with Crippen molar-refractivity contribution >= 4 is 17.5 Å². The molecule has 1 fully saturated rings. The topological polar surface area (TPSA) is 64.3 Å². The molecule has 2 N–H and O–H groups in total. The largest absolute Gasteiger partial charge is 0.347 e. The van der Waals surface area contributed by atoms with Crippen LogP contribution < -0.4 is 5.32 Å². The van der Waals surface area contributed by atoms with Gasteiger partial charge < -0.3 is 10.2 Å². The molecule has 4 rings (SSSR count). The second-order valence-electron chi connectivity index (χ2n) is 7.76. The summed E-state index contributed by atoms with van der Waals surface area (Å²) in [5.74, 6) is -0.180. The molecular formula is C23H26ClN5O. The molecule has 30 heavy (non-hydrogen) atoms. The summed E-state index contributed by atoms with van der Waals surface area (Å²) >= 11 is 6.04. The van der Waals surface area contributed by atoms with Gasteiger partial charge in [0, 0.05) is 49.9 Å². The van der Waals surface area contributed by atoms with Gasteiger partial charge in [-0.1, -0.05) is 48.0 Å². The van der Waals surface area contributed by atoms with E-state index in [1.807, 2.05) is 30.3 Å². The Morgan fingerprint density at radius 3 is 2.63 bits per heavy atom. The lowest BCUT2D eigenvalue weighted by molar-refractivity contribution is 0.0946. The Bertz CT molecular complexity index is 1010. The second kappa shape index (κ2) is 9.43. The monoisotopic (exact) mass is 423 g/mol. The van der Waals surface area contributed by atoms with Crippen LogP contribution in [0.15, 0.2) is 54.6 Å². The molecule has 1 aliphatic rings. The number of benzene rings is 2. The molecule has 3 aromatic rings. The van der Waals surface area contributed by atoms with Gasteiger partial charge in [0.05, 0.1) is 5.69 Å². The van der Waals surface area contributed by atoms with E-state index in [2.05, 4.69) is 50.6 Å². The highest BCUT2D eigenvalue weighted by molar-refractivity contribution is 6.30. The minimum atomic E-state index is -0.180. The number of carbonyl (C=O) groups is 1. The predicted octanol–water partition coefficient (Wildman–Crippen LogP) is 3.41. The predicted molar refractivity (Wildman–Crippen MR) is 119 cm³/mol. The molecule has 0 spiro atoms. The summed E-state index contributed by atoms with van der Waals surface area (Å²) in [5.41, 5.74) is 4.35. The maximum absolute atomic E-state index is 12.5. The SMILES string of the molecule is CN1CCN(Cc2cccc(CNC(=O)c3cc(-c4cccc(Cl)c4)n[nH]3)c2)CC1. The third-order valence-electron chi connectivity index (χ3n) is 5.39. The van der Waals surface area contributed by atoms with Gasteiger partial charge in [-0.05, 0) is 36.4 Å². The standard InChI is InChI=1S/C23H26ClN5O/c1-28-8-10-29(11-9-28)16-18-5-2-4-17(12-18)15-25-23(30)22-14-21(26-27-22)19-6-3-7-20(24)13-19/h2-7,12-14H,8-11,15-16H2,1H3,(H,25,30)(H,26,27). The number of nitrogens with one attached hydrogen (secondary N) is 2. The highest BCUT2D eigenvalue weighted by Crippen LogP contribution is 2.21. The fourth-order valence-corrected chi connectivity index (χ4v) is 3.80. The first-order valence-corrected chi connectivity index (χ1v) is 10.5.